The minimum Gasteiger partial charge on any atom is -0.348 e. The first-order valence-electron chi connectivity index (χ1n) is 8.57. The van der Waals surface area contributed by atoms with Crippen LogP contribution < -0.4 is 10.6 Å². The Bertz CT molecular complexity index is 1030. The molecule has 2 N–H and O–H groups in total. The molecular weight excluding hydrogens is 437 g/mol. The first-order chi connectivity index (χ1) is 13.5. The number of carbonyl (C=O) groups is 2. The van der Waals surface area contributed by atoms with Crippen LogP contribution in [0.1, 0.15) is 28.9 Å². The maximum absolute atomic E-state index is 12.3. The Morgan fingerprint density at radius 3 is 2.41 bits per heavy atom. The van der Waals surface area contributed by atoms with Crippen molar-refractivity contribution < 1.29 is 18.0 Å². The summed E-state index contributed by atoms with van der Waals surface area (Å²) in [4.78, 5) is 24.5. The van der Waals surface area contributed by atoms with E-state index in [0.29, 0.717) is 15.6 Å². The van der Waals surface area contributed by atoms with E-state index < -0.39 is 27.9 Å². The number of sulfonamides is 1. The van der Waals surface area contributed by atoms with Crippen molar-refractivity contribution in [3.05, 3.63) is 63.6 Å². The average molecular weight is 458 g/mol. The molecular formula is C19H21Cl2N3O4S. The maximum Gasteiger partial charge on any atom is 0.251 e. The molecule has 0 saturated heterocycles. The molecule has 29 heavy (non-hydrogen) atoms. The number of hydrogen-bond acceptors (Lipinski definition) is 4. The van der Waals surface area contributed by atoms with Crippen molar-refractivity contribution >= 4 is 45.0 Å². The minimum absolute atomic E-state index is 0.00870. The van der Waals surface area contributed by atoms with Crippen LogP contribution in [0, 0.1) is 0 Å². The molecule has 2 amide bonds. The van der Waals surface area contributed by atoms with E-state index in [4.69, 9.17) is 23.2 Å². The van der Waals surface area contributed by atoms with Crippen molar-refractivity contribution in [3.63, 3.8) is 0 Å². The van der Waals surface area contributed by atoms with Crippen molar-refractivity contribution in [2.75, 3.05) is 20.6 Å². The van der Waals surface area contributed by atoms with E-state index in [1.54, 1.807) is 25.1 Å². The van der Waals surface area contributed by atoms with Crippen LogP contribution >= 0.6 is 23.2 Å². The number of nitrogens with one attached hydrogen (secondary N) is 2. The van der Waals surface area contributed by atoms with E-state index in [0.717, 1.165) is 4.31 Å². The summed E-state index contributed by atoms with van der Waals surface area (Å²) in [6, 6.07) is 10.2. The van der Waals surface area contributed by atoms with Crippen molar-refractivity contribution in [1.82, 2.24) is 14.9 Å². The minimum atomic E-state index is -3.67. The monoisotopic (exact) mass is 457 g/mol. The normalized spacial score (nSPS) is 12.5. The molecule has 1 unspecified atom stereocenters. The van der Waals surface area contributed by atoms with Gasteiger partial charge in [-0.1, -0.05) is 35.3 Å². The third-order valence-corrected chi connectivity index (χ3v) is 6.46. The number of benzene rings is 2. The van der Waals surface area contributed by atoms with E-state index in [9.17, 15) is 18.0 Å². The fourth-order valence-corrected chi connectivity index (χ4v) is 4.01. The average Bonchev–Trinajstić information content (AvgIpc) is 2.65. The summed E-state index contributed by atoms with van der Waals surface area (Å²) in [5, 5.41) is 6.12. The van der Waals surface area contributed by atoms with Gasteiger partial charge >= 0.3 is 0 Å². The topological polar surface area (TPSA) is 95.6 Å². The van der Waals surface area contributed by atoms with Crippen LogP contribution in [-0.2, 0) is 14.8 Å². The number of nitrogens with zero attached hydrogens (tertiary/aromatic N) is 1. The highest BCUT2D eigenvalue weighted by Gasteiger charge is 2.19. The fourth-order valence-electron chi connectivity index (χ4n) is 2.49. The van der Waals surface area contributed by atoms with E-state index >= 15 is 0 Å². The smallest absolute Gasteiger partial charge is 0.251 e. The van der Waals surface area contributed by atoms with Crippen LogP contribution in [0.3, 0.4) is 0 Å². The number of hydrogen-bond donors (Lipinski definition) is 2. The van der Waals surface area contributed by atoms with Crippen LogP contribution in [-0.4, -0.2) is 45.2 Å². The molecule has 0 spiro atoms. The Kier molecular flexibility index (Phi) is 7.65. The van der Waals surface area contributed by atoms with Crippen LogP contribution in [0.5, 0.6) is 0 Å². The van der Waals surface area contributed by atoms with Gasteiger partial charge in [0.25, 0.3) is 5.91 Å². The summed E-state index contributed by atoms with van der Waals surface area (Å²) in [6.07, 6.45) is 0. The second-order valence-electron chi connectivity index (χ2n) is 6.45. The maximum atomic E-state index is 12.3. The van der Waals surface area contributed by atoms with Gasteiger partial charge in [-0.05, 0) is 42.8 Å². The van der Waals surface area contributed by atoms with Crippen LogP contribution in [0.2, 0.25) is 10.0 Å². The zero-order chi connectivity index (χ0) is 21.8. The van der Waals surface area contributed by atoms with Gasteiger partial charge in [-0.25, -0.2) is 12.7 Å². The summed E-state index contributed by atoms with van der Waals surface area (Å²) >= 11 is 12.0. The van der Waals surface area contributed by atoms with Gasteiger partial charge in [0.05, 0.1) is 17.5 Å². The number of rotatable bonds is 7. The lowest BCUT2D eigenvalue weighted by Crippen LogP contribution is -2.38. The first-order valence-corrected chi connectivity index (χ1v) is 10.8. The van der Waals surface area contributed by atoms with E-state index in [1.807, 2.05) is 0 Å². The summed E-state index contributed by atoms with van der Waals surface area (Å²) in [5.41, 5.74) is 0.826. The Morgan fingerprint density at radius 2 is 1.79 bits per heavy atom. The van der Waals surface area contributed by atoms with Crippen molar-refractivity contribution in [3.8, 4) is 0 Å². The summed E-state index contributed by atoms with van der Waals surface area (Å²) in [7, 11) is -0.859. The molecule has 0 radical (unpaired) electrons. The van der Waals surface area contributed by atoms with E-state index in [2.05, 4.69) is 10.6 Å². The third-order valence-electron chi connectivity index (χ3n) is 4.09. The lowest BCUT2D eigenvalue weighted by molar-refractivity contribution is -0.120. The van der Waals surface area contributed by atoms with Crippen molar-refractivity contribution in [1.29, 1.82) is 0 Å². The fraction of sp³-hybridized carbons (Fsp3) is 0.263. The zero-order valence-corrected chi connectivity index (χ0v) is 18.4. The van der Waals surface area contributed by atoms with Crippen LogP contribution in [0.15, 0.2) is 47.4 Å². The van der Waals surface area contributed by atoms with Gasteiger partial charge in [0.1, 0.15) is 0 Å². The molecule has 0 bridgehead atoms. The highest BCUT2D eigenvalue weighted by Crippen LogP contribution is 2.26. The van der Waals surface area contributed by atoms with Crippen LogP contribution in [0.4, 0.5) is 0 Å². The van der Waals surface area contributed by atoms with Gasteiger partial charge in [0.2, 0.25) is 15.9 Å². The highest BCUT2D eigenvalue weighted by molar-refractivity contribution is 7.89. The second-order valence-corrected chi connectivity index (χ2v) is 9.45. The predicted octanol–water partition coefficient (Wildman–Crippen LogP) is 2.85. The zero-order valence-electron chi connectivity index (χ0n) is 16.1. The standard InChI is InChI=1S/C19H21Cl2N3O4S/c1-12(16-8-7-14(20)10-17(16)21)23-18(25)11-22-19(26)13-5-4-6-15(9-13)29(27,28)24(2)3/h4-10,12H,11H2,1-3H3,(H,22,26)(H,23,25). The van der Waals surface area contributed by atoms with Gasteiger partial charge in [0.15, 0.2) is 0 Å². The second kappa shape index (κ2) is 9.58. The molecule has 0 aliphatic heterocycles. The third kappa shape index (κ3) is 5.93. The molecule has 156 valence electrons. The molecule has 0 aliphatic carbocycles. The van der Waals surface area contributed by atoms with E-state index in [1.165, 1.54) is 38.4 Å². The highest BCUT2D eigenvalue weighted by atomic mass is 35.5. The van der Waals surface area contributed by atoms with Crippen molar-refractivity contribution in [2.24, 2.45) is 0 Å². The molecule has 10 heteroatoms. The molecule has 0 fully saturated rings. The number of amides is 2. The predicted molar refractivity (Wildman–Crippen MR) is 113 cm³/mol. The van der Waals surface area contributed by atoms with Gasteiger partial charge < -0.3 is 10.6 Å². The van der Waals surface area contributed by atoms with E-state index in [-0.39, 0.29) is 17.0 Å². The quantitative estimate of drug-likeness (QED) is 0.667. The molecule has 2 aromatic carbocycles. The number of carbonyl (C=O) groups excluding carboxylic acids is 2. The summed E-state index contributed by atoms with van der Waals surface area (Å²) in [5.74, 6) is -0.984. The molecule has 7 nitrogen and oxygen atoms in total. The largest absolute Gasteiger partial charge is 0.348 e. The molecule has 0 aliphatic rings. The lowest BCUT2D eigenvalue weighted by atomic mass is 10.1. The Morgan fingerprint density at radius 1 is 1.10 bits per heavy atom. The molecule has 0 heterocycles. The summed E-state index contributed by atoms with van der Waals surface area (Å²) < 4.78 is 25.4. The van der Waals surface area contributed by atoms with Crippen molar-refractivity contribution in [2.45, 2.75) is 17.9 Å². The molecule has 1 atom stereocenters. The molecule has 0 aromatic heterocycles. The van der Waals surface area contributed by atoms with Crippen LogP contribution in [0.25, 0.3) is 0 Å². The molecule has 0 saturated carbocycles. The Balaban J connectivity index is 1.99. The SMILES string of the molecule is CC(NC(=O)CNC(=O)c1cccc(S(=O)(=O)N(C)C)c1)c1ccc(Cl)cc1Cl. The van der Waals surface area contributed by atoms with Gasteiger partial charge in [0, 0.05) is 29.7 Å². The lowest BCUT2D eigenvalue weighted by Gasteiger charge is -2.16. The summed E-state index contributed by atoms with van der Waals surface area (Å²) in [6.45, 7) is 1.48. The van der Waals surface area contributed by atoms with Gasteiger partial charge in [-0.3, -0.25) is 9.59 Å². The van der Waals surface area contributed by atoms with Gasteiger partial charge in [-0.2, -0.15) is 0 Å². The Hall–Kier alpha value is -2.13. The molecule has 2 aromatic rings. The van der Waals surface area contributed by atoms with Gasteiger partial charge in [-0.15, -0.1) is 0 Å². The number of halogens is 2. The Labute approximate surface area is 180 Å². The molecule has 2 rings (SSSR count). The first kappa shape index (κ1) is 23.2.